The number of carbonyl (C=O) groups is 2. The van der Waals surface area contributed by atoms with Crippen molar-refractivity contribution in [3.05, 3.63) is 53.9 Å². The lowest BCUT2D eigenvalue weighted by Gasteiger charge is -2.20. The van der Waals surface area contributed by atoms with E-state index in [2.05, 4.69) is 15.5 Å². The summed E-state index contributed by atoms with van der Waals surface area (Å²) in [5.41, 5.74) is 0.983. The SMILES string of the molecule is COc1cc(OC)cc(C(=O)N[C@H](C(=O)OCc2nc(-c3cccc(OC)c3)no2)C(C)C)c1. The second-order valence-electron chi connectivity index (χ2n) is 7.65. The fourth-order valence-electron chi connectivity index (χ4n) is 3.08. The Labute approximate surface area is 197 Å². The Hall–Kier alpha value is -4.08. The van der Waals surface area contributed by atoms with Crippen molar-refractivity contribution in [2.24, 2.45) is 5.92 Å². The Balaban J connectivity index is 1.65. The van der Waals surface area contributed by atoms with Crippen molar-refractivity contribution in [2.45, 2.75) is 26.5 Å². The maximum atomic E-state index is 12.8. The fourth-order valence-corrected chi connectivity index (χ4v) is 3.08. The summed E-state index contributed by atoms with van der Waals surface area (Å²) >= 11 is 0. The van der Waals surface area contributed by atoms with Crippen LogP contribution in [-0.2, 0) is 16.1 Å². The van der Waals surface area contributed by atoms with Gasteiger partial charge in [-0.3, -0.25) is 4.79 Å². The molecular weight excluding hydrogens is 442 g/mol. The van der Waals surface area contributed by atoms with Crippen LogP contribution in [0.5, 0.6) is 17.2 Å². The lowest BCUT2D eigenvalue weighted by atomic mass is 10.0. The van der Waals surface area contributed by atoms with Crippen LogP contribution >= 0.6 is 0 Å². The van der Waals surface area contributed by atoms with E-state index in [0.29, 0.717) is 28.6 Å². The van der Waals surface area contributed by atoms with Crippen LogP contribution in [0.25, 0.3) is 11.4 Å². The zero-order valence-electron chi connectivity index (χ0n) is 19.7. The molecule has 0 aliphatic carbocycles. The number of carbonyl (C=O) groups excluding carboxylic acids is 2. The number of nitrogens with one attached hydrogen (secondary N) is 1. The summed E-state index contributed by atoms with van der Waals surface area (Å²) in [7, 11) is 4.54. The van der Waals surface area contributed by atoms with Gasteiger partial charge in [0.1, 0.15) is 23.3 Å². The van der Waals surface area contributed by atoms with Crippen molar-refractivity contribution in [1.82, 2.24) is 15.5 Å². The van der Waals surface area contributed by atoms with Gasteiger partial charge in [-0.1, -0.05) is 31.1 Å². The summed E-state index contributed by atoms with van der Waals surface area (Å²) in [5, 5.41) is 6.62. The molecule has 0 bridgehead atoms. The molecule has 0 fully saturated rings. The van der Waals surface area contributed by atoms with Crippen LogP contribution in [0.15, 0.2) is 47.0 Å². The first-order chi connectivity index (χ1) is 16.3. The first kappa shape index (κ1) is 24.6. The number of amides is 1. The van der Waals surface area contributed by atoms with E-state index in [1.165, 1.54) is 14.2 Å². The quantitative estimate of drug-likeness (QED) is 0.446. The summed E-state index contributed by atoms with van der Waals surface area (Å²) in [6, 6.07) is 11.0. The summed E-state index contributed by atoms with van der Waals surface area (Å²) in [6.45, 7) is 3.36. The van der Waals surface area contributed by atoms with E-state index in [0.717, 1.165) is 0 Å². The third-order valence-electron chi connectivity index (χ3n) is 4.95. The molecule has 0 saturated carbocycles. The number of nitrogens with zero attached hydrogens (tertiary/aromatic N) is 2. The third-order valence-corrected chi connectivity index (χ3v) is 4.95. The minimum absolute atomic E-state index is 0.123. The standard InChI is InChI=1S/C24H27N3O7/c1-14(2)21(26-23(28)16-10-18(31-4)12-19(11-16)32-5)24(29)33-13-20-25-22(27-34-20)15-7-6-8-17(9-15)30-3/h6-12,14,21H,13H2,1-5H3,(H,26,28)/t21-/m0/s1. The van der Waals surface area contributed by atoms with Gasteiger partial charge in [0.15, 0.2) is 6.61 Å². The van der Waals surface area contributed by atoms with Crippen LogP contribution in [0.4, 0.5) is 0 Å². The largest absolute Gasteiger partial charge is 0.497 e. The first-order valence-electron chi connectivity index (χ1n) is 10.5. The summed E-state index contributed by atoms with van der Waals surface area (Å²) in [6.07, 6.45) is 0. The number of hydrogen-bond acceptors (Lipinski definition) is 9. The van der Waals surface area contributed by atoms with Crippen LogP contribution in [-0.4, -0.2) is 49.4 Å². The second-order valence-corrected chi connectivity index (χ2v) is 7.65. The molecule has 2 aromatic carbocycles. The fraction of sp³-hybridized carbons (Fsp3) is 0.333. The number of hydrogen-bond donors (Lipinski definition) is 1. The highest BCUT2D eigenvalue weighted by molar-refractivity contribution is 5.97. The molecular formula is C24H27N3O7. The Morgan fingerprint density at radius 2 is 1.65 bits per heavy atom. The zero-order chi connectivity index (χ0) is 24.7. The molecule has 3 rings (SSSR count). The van der Waals surface area contributed by atoms with Crippen molar-refractivity contribution in [1.29, 1.82) is 0 Å². The Kier molecular flexibility index (Phi) is 8.07. The van der Waals surface area contributed by atoms with Crippen molar-refractivity contribution in [3.63, 3.8) is 0 Å². The van der Waals surface area contributed by atoms with E-state index in [9.17, 15) is 9.59 Å². The Morgan fingerprint density at radius 1 is 0.971 bits per heavy atom. The average Bonchev–Trinajstić information content (AvgIpc) is 3.34. The molecule has 3 aromatic rings. The molecule has 10 heteroatoms. The lowest BCUT2D eigenvalue weighted by molar-refractivity contribution is -0.149. The number of methoxy groups -OCH3 is 3. The predicted octanol–water partition coefficient (Wildman–Crippen LogP) is 3.26. The van der Waals surface area contributed by atoms with Gasteiger partial charge in [0, 0.05) is 17.2 Å². The van der Waals surface area contributed by atoms with Crippen LogP contribution < -0.4 is 19.5 Å². The summed E-state index contributed by atoms with van der Waals surface area (Å²) in [4.78, 5) is 29.8. The molecule has 0 aliphatic rings. The number of benzene rings is 2. The molecule has 0 aliphatic heterocycles. The van der Waals surface area contributed by atoms with E-state index < -0.39 is 17.9 Å². The summed E-state index contributed by atoms with van der Waals surface area (Å²) in [5.74, 6) is 0.694. The normalized spacial score (nSPS) is 11.6. The molecule has 1 amide bonds. The maximum Gasteiger partial charge on any atom is 0.329 e. The molecule has 0 unspecified atom stereocenters. The average molecular weight is 469 g/mol. The third kappa shape index (κ3) is 6.03. The topological polar surface area (TPSA) is 122 Å². The van der Waals surface area contributed by atoms with E-state index in [1.54, 1.807) is 63.4 Å². The van der Waals surface area contributed by atoms with Gasteiger partial charge in [-0.2, -0.15) is 4.98 Å². The molecule has 34 heavy (non-hydrogen) atoms. The predicted molar refractivity (Wildman–Crippen MR) is 122 cm³/mol. The molecule has 1 atom stereocenters. The van der Waals surface area contributed by atoms with Gasteiger partial charge in [0.05, 0.1) is 21.3 Å². The Bertz CT molecular complexity index is 1120. The van der Waals surface area contributed by atoms with Gasteiger partial charge < -0.3 is 28.8 Å². The number of aromatic nitrogens is 2. The molecule has 180 valence electrons. The first-order valence-corrected chi connectivity index (χ1v) is 10.5. The highest BCUT2D eigenvalue weighted by Crippen LogP contribution is 2.23. The molecule has 0 saturated heterocycles. The minimum atomic E-state index is -0.898. The molecule has 1 N–H and O–H groups in total. The molecule has 1 aromatic heterocycles. The number of ether oxygens (including phenoxy) is 4. The van der Waals surface area contributed by atoms with Gasteiger partial charge in [0.2, 0.25) is 5.82 Å². The van der Waals surface area contributed by atoms with Crippen LogP contribution in [0.1, 0.15) is 30.1 Å². The monoisotopic (exact) mass is 469 g/mol. The van der Waals surface area contributed by atoms with Crippen molar-refractivity contribution >= 4 is 11.9 Å². The number of esters is 1. The van der Waals surface area contributed by atoms with Crippen LogP contribution in [0.3, 0.4) is 0 Å². The molecule has 1 heterocycles. The highest BCUT2D eigenvalue weighted by atomic mass is 16.6. The molecule has 10 nitrogen and oxygen atoms in total. The van der Waals surface area contributed by atoms with E-state index in [1.807, 2.05) is 0 Å². The van der Waals surface area contributed by atoms with Crippen molar-refractivity contribution < 1.29 is 33.1 Å². The zero-order valence-corrected chi connectivity index (χ0v) is 19.7. The van der Waals surface area contributed by atoms with E-state index >= 15 is 0 Å². The molecule has 0 spiro atoms. The summed E-state index contributed by atoms with van der Waals surface area (Å²) < 4.78 is 26.1. The van der Waals surface area contributed by atoms with Gasteiger partial charge in [-0.15, -0.1) is 0 Å². The lowest BCUT2D eigenvalue weighted by Crippen LogP contribution is -2.45. The Morgan fingerprint density at radius 3 is 2.26 bits per heavy atom. The van der Waals surface area contributed by atoms with E-state index in [4.69, 9.17) is 23.5 Å². The van der Waals surface area contributed by atoms with Crippen LogP contribution in [0.2, 0.25) is 0 Å². The number of rotatable bonds is 10. The van der Waals surface area contributed by atoms with Gasteiger partial charge >= 0.3 is 5.97 Å². The highest BCUT2D eigenvalue weighted by Gasteiger charge is 2.27. The van der Waals surface area contributed by atoms with Gasteiger partial charge in [-0.25, -0.2) is 4.79 Å². The van der Waals surface area contributed by atoms with E-state index in [-0.39, 0.29) is 24.0 Å². The molecule has 0 radical (unpaired) electrons. The van der Waals surface area contributed by atoms with Crippen LogP contribution in [0, 0.1) is 5.92 Å². The van der Waals surface area contributed by atoms with Crippen molar-refractivity contribution in [3.8, 4) is 28.6 Å². The smallest absolute Gasteiger partial charge is 0.329 e. The van der Waals surface area contributed by atoms with Gasteiger partial charge in [-0.05, 0) is 30.2 Å². The van der Waals surface area contributed by atoms with Crippen molar-refractivity contribution in [2.75, 3.05) is 21.3 Å². The second kappa shape index (κ2) is 11.2. The minimum Gasteiger partial charge on any atom is -0.497 e. The van der Waals surface area contributed by atoms with Gasteiger partial charge in [0.25, 0.3) is 11.8 Å². The maximum absolute atomic E-state index is 12.8.